The second-order valence-corrected chi connectivity index (χ2v) is 14.1. The van der Waals surface area contributed by atoms with E-state index >= 15 is 0 Å². The van der Waals surface area contributed by atoms with Crippen LogP contribution < -0.4 is 9.80 Å². The average molecular weight is 749 g/mol. The van der Waals surface area contributed by atoms with E-state index in [4.69, 9.17) is 0 Å². The summed E-state index contributed by atoms with van der Waals surface area (Å²) in [5, 5.41) is 0. The number of benzene rings is 2. The molecule has 2 aliphatic rings. The van der Waals surface area contributed by atoms with E-state index in [-0.39, 0.29) is 11.8 Å². The van der Waals surface area contributed by atoms with Gasteiger partial charge in [0.25, 0.3) is 11.8 Å². The maximum atomic E-state index is 13.6. The first kappa shape index (κ1) is 34.2. The van der Waals surface area contributed by atoms with Gasteiger partial charge in [-0.25, -0.2) is 0 Å². The number of anilines is 2. The molecule has 0 saturated heterocycles. The zero-order valence-electron chi connectivity index (χ0n) is 27.0. The summed E-state index contributed by atoms with van der Waals surface area (Å²) in [5.41, 5.74) is 6.16. The van der Waals surface area contributed by atoms with Crippen molar-refractivity contribution in [3.05, 3.63) is 80.3 Å². The molecule has 0 spiro atoms. The molecule has 0 atom stereocenters. The second kappa shape index (κ2) is 16.6. The van der Waals surface area contributed by atoms with Crippen molar-refractivity contribution < 1.29 is 9.59 Å². The van der Waals surface area contributed by atoms with E-state index in [2.05, 4.69) is 55.7 Å². The molecule has 2 aliphatic heterocycles. The highest BCUT2D eigenvalue weighted by molar-refractivity contribution is 9.10. The van der Waals surface area contributed by atoms with Crippen LogP contribution in [0.3, 0.4) is 0 Å². The van der Waals surface area contributed by atoms with Gasteiger partial charge in [0.1, 0.15) is 0 Å². The van der Waals surface area contributed by atoms with Gasteiger partial charge in [-0.15, -0.1) is 0 Å². The van der Waals surface area contributed by atoms with Gasteiger partial charge in [0, 0.05) is 33.2 Å². The summed E-state index contributed by atoms with van der Waals surface area (Å²) in [5.74, 6) is -0.00106. The molecular formula is C38H44Br2N4O2. The Balaban J connectivity index is 1.31. The molecule has 2 aromatic carbocycles. The van der Waals surface area contributed by atoms with Crippen LogP contribution in [0.15, 0.2) is 57.7 Å². The van der Waals surface area contributed by atoms with E-state index in [0.29, 0.717) is 35.6 Å². The fraction of sp³-hybridized carbons (Fsp3) is 0.421. The van der Waals surface area contributed by atoms with Crippen LogP contribution in [0, 0.1) is 0 Å². The number of hydrogen-bond donors (Lipinski definition) is 0. The Kier molecular flexibility index (Phi) is 12.4. The van der Waals surface area contributed by atoms with Crippen LogP contribution in [0.2, 0.25) is 0 Å². The zero-order valence-corrected chi connectivity index (χ0v) is 30.2. The molecule has 1 aromatic heterocycles. The van der Waals surface area contributed by atoms with E-state index < -0.39 is 0 Å². The molecule has 0 N–H and O–H groups in total. The summed E-state index contributed by atoms with van der Waals surface area (Å²) in [6.07, 6.45) is 21.1. The number of unbranched alkanes of at least 4 members (excludes halogenated alkanes) is 10. The number of aromatic nitrogens is 2. The first-order chi connectivity index (χ1) is 22.4. The summed E-state index contributed by atoms with van der Waals surface area (Å²) >= 11 is 7.17. The number of nitrogens with zero attached hydrogens (tertiary/aromatic N) is 4. The molecule has 0 aliphatic carbocycles. The van der Waals surface area contributed by atoms with Gasteiger partial charge in [0.15, 0.2) is 0 Å². The van der Waals surface area contributed by atoms with Gasteiger partial charge < -0.3 is 9.80 Å². The summed E-state index contributed by atoms with van der Waals surface area (Å²) in [6.45, 7) is 5.85. The van der Waals surface area contributed by atoms with Crippen molar-refractivity contribution in [1.82, 2.24) is 9.97 Å². The van der Waals surface area contributed by atoms with E-state index in [1.807, 2.05) is 58.4 Å². The minimum absolute atomic E-state index is 0.000530. The number of rotatable bonds is 16. The predicted octanol–water partition coefficient (Wildman–Crippen LogP) is 10.5. The molecule has 5 rings (SSSR count). The number of carbonyl (C=O) groups excluding carboxylic acids is 2. The van der Waals surface area contributed by atoms with Crippen LogP contribution in [0.5, 0.6) is 0 Å². The first-order valence-corrected chi connectivity index (χ1v) is 18.5. The van der Waals surface area contributed by atoms with Gasteiger partial charge in [-0.2, -0.15) is 0 Å². The zero-order chi connectivity index (χ0) is 32.5. The number of halogens is 2. The summed E-state index contributed by atoms with van der Waals surface area (Å²) < 4.78 is 1.90. The van der Waals surface area contributed by atoms with Crippen molar-refractivity contribution in [3.8, 4) is 0 Å². The third-order valence-corrected chi connectivity index (χ3v) is 9.77. The van der Waals surface area contributed by atoms with Crippen LogP contribution in [-0.4, -0.2) is 34.9 Å². The Morgan fingerprint density at radius 1 is 0.587 bits per heavy atom. The van der Waals surface area contributed by atoms with E-state index in [9.17, 15) is 9.59 Å². The molecule has 0 saturated carbocycles. The average Bonchev–Trinajstić information content (AvgIpc) is 3.45. The lowest BCUT2D eigenvalue weighted by Gasteiger charge is -2.17. The summed E-state index contributed by atoms with van der Waals surface area (Å²) in [4.78, 5) is 40.3. The molecule has 3 heterocycles. The van der Waals surface area contributed by atoms with E-state index in [0.717, 1.165) is 57.1 Å². The van der Waals surface area contributed by atoms with Crippen molar-refractivity contribution in [2.75, 3.05) is 22.9 Å². The maximum absolute atomic E-state index is 13.6. The highest BCUT2D eigenvalue weighted by Crippen LogP contribution is 2.41. The predicted molar refractivity (Wildman–Crippen MR) is 198 cm³/mol. The second-order valence-electron chi connectivity index (χ2n) is 12.3. The summed E-state index contributed by atoms with van der Waals surface area (Å²) in [6, 6.07) is 12.0. The highest BCUT2D eigenvalue weighted by atomic mass is 79.9. The van der Waals surface area contributed by atoms with Crippen LogP contribution in [0.4, 0.5) is 11.4 Å². The molecule has 46 heavy (non-hydrogen) atoms. The Morgan fingerprint density at radius 3 is 1.37 bits per heavy atom. The number of fused-ring (bicyclic) bond motifs is 2. The standard InChI is InChI=1S/C38H44Br2N4O2/c1-3-5-7-9-11-13-19-43-35-21-27(39)15-17-31(35)33(37(43)45)23-29-25-42-30(26-41-29)24-34-32-18-16-28(40)22-36(32)44(38(34)46)20-14-12-10-8-6-4-2/h15-18,21-26H,3-14,19-20H2,1-2H3/b33-23+,34-24+. The number of carbonyl (C=O) groups is 2. The van der Waals surface area contributed by atoms with Crippen molar-refractivity contribution in [3.63, 3.8) is 0 Å². The van der Waals surface area contributed by atoms with E-state index in [1.54, 1.807) is 12.4 Å². The fourth-order valence-electron chi connectivity index (χ4n) is 6.27. The van der Waals surface area contributed by atoms with Gasteiger partial charge >= 0.3 is 0 Å². The van der Waals surface area contributed by atoms with Crippen LogP contribution in [0.25, 0.3) is 23.3 Å². The van der Waals surface area contributed by atoms with Crippen molar-refractivity contribution in [1.29, 1.82) is 0 Å². The third kappa shape index (κ3) is 8.24. The SMILES string of the molecule is CCCCCCCCN1C(=O)/C(=C/c2cnc(/C=C3/C(=O)N(CCCCCCCC)c4cc(Br)ccc43)cn2)c2ccc(Br)cc21. The maximum Gasteiger partial charge on any atom is 0.259 e. The summed E-state index contributed by atoms with van der Waals surface area (Å²) in [7, 11) is 0. The van der Waals surface area contributed by atoms with Gasteiger partial charge in [0.05, 0.1) is 46.3 Å². The Bertz CT molecular complexity index is 1480. The minimum Gasteiger partial charge on any atom is -0.308 e. The van der Waals surface area contributed by atoms with Crippen LogP contribution in [0.1, 0.15) is 113 Å². The quantitative estimate of drug-likeness (QED) is 0.108. The smallest absolute Gasteiger partial charge is 0.259 e. The molecule has 3 aromatic rings. The normalized spacial score (nSPS) is 15.8. The lowest BCUT2D eigenvalue weighted by atomic mass is 10.1. The Hall–Kier alpha value is -3.10. The van der Waals surface area contributed by atoms with Gasteiger partial charge in [-0.1, -0.05) is 122 Å². The fourth-order valence-corrected chi connectivity index (χ4v) is 6.97. The number of hydrogen-bond acceptors (Lipinski definition) is 4. The molecule has 2 amide bonds. The molecule has 242 valence electrons. The van der Waals surface area contributed by atoms with Crippen molar-refractivity contribution in [2.45, 2.75) is 90.9 Å². The molecule has 0 bridgehead atoms. The molecule has 8 heteroatoms. The first-order valence-electron chi connectivity index (χ1n) is 16.9. The molecular weight excluding hydrogens is 704 g/mol. The monoisotopic (exact) mass is 746 g/mol. The van der Waals surface area contributed by atoms with Crippen molar-refractivity contribution in [2.24, 2.45) is 0 Å². The Labute approximate surface area is 290 Å². The van der Waals surface area contributed by atoms with Gasteiger partial charge in [-0.3, -0.25) is 19.6 Å². The molecule has 0 fully saturated rings. The molecule has 6 nitrogen and oxygen atoms in total. The lowest BCUT2D eigenvalue weighted by molar-refractivity contribution is -0.113. The van der Waals surface area contributed by atoms with Gasteiger partial charge in [-0.05, 0) is 49.3 Å². The molecule has 0 radical (unpaired) electrons. The topological polar surface area (TPSA) is 66.4 Å². The largest absolute Gasteiger partial charge is 0.308 e. The molecule has 0 unspecified atom stereocenters. The third-order valence-electron chi connectivity index (χ3n) is 8.78. The van der Waals surface area contributed by atoms with E-state index in [1.165, 1.54) is 51.4 Å². The van der Waals surface area contributed by atoms with Crippen molar-refractivity contribution >= 4 is 78.3 Å². The highest BCUT2D eigenvalue weighted by Gasteiger charge is 2.33. The Morgan fingerprint density at radius 2 is 0.978 bits per heavy atom. The lowest BCUT2D eigenvalue weighted by Crippen LogP contribution is -2.27. The number of amides is 2. The minimum atomic E-state index is -0.000530. The van der Waals surface area contributed by atoms with Crippen LogP contribution in [-0.2, 0) is 9.59 Å². The van der Waals surface area contributed by atoms with Gasteiger partial charge in [0.2, 0.25) is 0 Å². The van der Waals surface area contributed by atoms with Crippen LogP contribution >= 0.6 is 31.9 Å².